The molecule has 4 aromatic carbocycles. The highest BCUT2D eigenvalue weighted by atomic mass is 32.1. The van der Waals surface area contributed by atoms with Gasteiger partial charge in [0.15, 0.2) is 16.9 Å². The standard InChI is InChI=1S/C61H63F3N8O8S2/c1-33-41(42-24-25-49(67-51(42)58(78)79)71-27-26-36-10-8-12-43(44(36)31-71)55(75)70-59-66-45-13-6-7-15-48(45)82-59)11-9-14-47(33)80-40-22-16-35(17-23-40)28-50(74)68-54(60(3,4)5)57(77)72-30-39(73)29-46(72)56(76)69-53(61(62,63)64)38-20-18-37(19-21-38)52-34(2)65-32-81-52/h6-15,18-21,24-25,32,35,39-40,46,53-54,73H,16-17,22-23,26-31H2,1-5H3,(H,68,74)(H,69,76)(H,78,79)(H,66,70,75). The number of carbonyl (C=O) groups excluding carboxylic acids is 4. The molecule has 4 amide bonds. The van der Waals surface area contributed by atoms with Gasteiger partial charge in [0, 0.05) is 43.6 Å². The summed E-state index contributed by atoms with van der Waals surface area (Å²) in [5.41, 5.74) is 6.81. The van der Waals surface area contributed by atoms with Crippen LogP contribution >= 0.6 is 22.7 Å². The van der Waals surface area contributed by atoms with Gasteiger partial charge < -0.3 is 35.4 Å². The maximum Gasteiger partial charge on any atom is 0.412 e. The minimum atomic E-state index is -4.89. The van der Waals surface area contributed by atoms with Crippen molar-refractivity contribution in [2.24, 2.45) is 11.3 Å². The van der Waals surface area contributed by atoms with Gasteiger partial charge in [-0.05, 0) is 127 Å². The van der Waals surface area contributed by atoms with Gasteiger partial charge in [-0.1, -0.05) is 92.8 Å². The van der Waals surface area contributed by atoms with Gasteiger partial charge in [-0.25, -0.2) is 19.7 Å². The van der Waals surface area contributed by atoms with E-state index in [1.807, 2.05) is 66.4 Å². The molecule has 7 aromatic rings. The van der Waals surface area contributed by atoms with Gasteiger partial charge in [-0.3, -0.25) is 24.5 Å². The highest BCUT2D eigenvalue weighted by Crippen LogP contribution is 2.39. The van der Waals surface area contributed by atoms with Crippen molar-refractivity contribution in [1.82, 2.24) is 30.5 Å². The van der Waals surface area contributed by atoms with Crippen LogP contribution in [0.1, 0.15) is 114 Å². The number of fused-ring (bicyclic) bond motifs is 2. The number of carboxylic acid groups (broad SMARTS) is 1. The second-order valence-corrected chi connectivity index (χ2v) is 24.3. The minimum absolute atomic E-state index is 0.0567. The summed E-state index contributed by atoms with van der Waals surface area (Å²) in [6.07, 6.45) is -3.36. The zero-order chi connectivity index (χ0) is 58.2. The van der Waals surface area contributed by atoms with Crippen LogP contribution in [0.15, 0.2) is 103 Å². The number of aryl methyl sites for hydroxylation is 1. The topological polar surface area (TPSA) is 216 Å². The van der Waals surface area contributed by atoms with E-state index >= 15 is 0 Å². The number of likely N-dealkylation sites (tertiary alicyclic amines) is 1. The molecule has 82 heavy (non-hydrogen) atoms. The summed E-state index contributed by atoms with van der Waals surface area (Å²) in [6.45, 7) is 9.49. The molecule has 5 N–H and O–H groups in total. The number of hydrogen-bond acceptors (Lipinski definition) is 13. The lowest BCUT2D eigenvalue weighted by Gasteiger charge is -2.36. The molecule has 1 aliphatic carbocycles. The molecule has 21 heteroatoms. The van der Waals surface area contributed by atoms with Crippen LogP contribution < -0.4 is 25.6 Å². The summed E-state index contributed by atoms with van der Waals surface area (Å²) in [5.74, 6) is -2.65. The zero-order valence-corrected chi connectivity index (χ0v) is 47.5. The number of β-amino-alcohol motifs (C(OH)–C–C–N with tert-alkyl or cyclic N) is 1. The molecule has 16 nitrogen and oxygen atoms in total. The van der Waals surface area contributed by atoms with E-state index in [0.29, 0.717) is 84.1 Å². The summed E-state index contributed by atoms with van der Waals surface area (Å²) in [4.78, 5) is 85.9. The maximum absolute atomic E-state index is 14.6. The smallest absolute Gasteiger partial charge is 0.412 e. The second kappa shape index (κ2) is 23.6. The Morgan fingerprint density at radius 3 is 2.29 bits per heavy atom. The molecular weight excluding hydrogens is 1090 g/mol. The number of pyridine rings is 1. The Balaban J connectivity index is 0.751. The summed E-state index contributed by atoms with van der Waals surface area (Å²) in [5, 5.41) is 29.8. The number of aromatic carboxylic acids is 1. The first-order chi connectivity index (χ1) is 39.1. The number of para-hydroxylation sites is 1. The Morgan fingerprint density at radius 2 is 1.60 bits per heavy atom. The fourth-order valence-electron chi connectivity index (χ4n) is 11.4. The Kier molecular flexibility index (Phi) is 16.6. The van der Waals surface area contributed by atoms with Gasteiger partial charge in [-0.15, -0.1) is 11.3 Å². The third kappa shape index (κ3) is 12.5. The van der Waals surface area contributed by atoms with E-state index < -0.39 is 59.5 Å². The van der Waals surface area contributed by atoms with Gasteiger partial charge in [0.05, 0.1) is 38.5 Å². The fourth-order valence-corrected chi connectivity index (χ4v) is 13.0. The summed E-state index contributed by atoms with van der Waals surface area (Å²) in [7, 11) is 0. The number of aliphatic hydroxyl groups excluding tert-OH is 1. The molecule has 0 bridgehead atoms. The number of nitrogens with one attached hydrogen (secondary N) is 3. The van der Waals surface area contributed by atoms with Crippen LogP contribution in [0.5, 0.6) is 5.75 Å². The molecule has 0 spiro atoms. The van der Waals surface area contributed by atoms with E-state index in [1.165, 1.54) is 46.9 Å². The number of benzene rings is 4. The number of alkyl halides is 3. The number of aliphatic hydroxyl groups is 1. The molecule has 0 radical (unpaired) electrons. The first-order valence-corrected chi connectivity index (χ1v) is 29.0. The van der Waals surface area contributed by atoms with Crippen LogP contribution in [0.4, 0.5) is 24.1 Å². The molecule has 428 valence electrons. The number of carbonyl (C=O) groups is 5. The Morgan fingerprint density at radius 1 is 0.854 bits per heavy atom. The molecule has 1 saturated heterocycles. The molecule has 4 unspecified atom stereocenters. The number of aromatic nitrogens is 3. The van der Waals surface area contributed by atoms with Crippen molar-refractivity contribution in [1.29, 1.82) is 0 Å². The lowest BCUT2D eigenvalue weighted by molar-refractivity contribution is -0.165. The number of nitrogens with zero attached hydrogens (tertiary/aromatic N) is 5. The highest BCUT2D eigenvalue weighted by molar-refractivity contribution is 7.22. The molecule has 1 saturated carbocycles. The predicted molar refractivity (Wildman–Crippen MR) is 308 cm³/mol. The van der Waals surface area contributed by atoms with E-state index in [0.717, 1.165) is 42.4 Å². The molecule has 10 rings (SSSR count). The van der Waals surface area contributed by atoms with Gasteiger partial charge in [0.25, 0.3) is 5.91 Å². The number of hydrogen-bond donors (Lipinski definition) is 5. The number of ether oxygens (including phenoxy) is 1. The van der Waals surface area contributed by atoms with Crippen molar-refractivity contribution in [2.45, 2.75) is 123 Å². The van der Waals surface area contributed by atoms with Crippen LogP contribution in [-0.4, -0.2) is 103 Å². The van der Waals surface area contributed by atoms with Crippen LogP contribution in [0, 0.1) is 25.2 Å². The number of carboxylic acids is 1. The first kappa shape index (κ1) is 57.5. The lowest BCUT2D eigenvalue weighted by atomic mass is 9.83. The van der Waals surface area contributed by atoms with Crippen molar-refractivity contribution in [2.75, 3.05) is 23.3 Å². The van der Waals surface area contributed by atoms with E-state index in [2.05, 4.69) is 25.9 Å². The zero-order valence-electron chi connectivity index (χ0n) is 45.9. The molecule has 2 aliphatic heterocycles. The molecular formula is C61H63F3N8O8S2. The molecule has 4 atom stereocenters. The molecule has 3 aliphatic rings. The third-order valence-corrected chi connectivity index (χ3v) is 17.7. The third-order valence-electron chi connectivity index (χ3n) is 15.7. The van der Waals surface area contributed by atoms with Gasteiger partial charge in [-0.2, -0.15) is 13.2 Å². The minimum Gasteiger partial charge on any atom is -0.490 e. The lowest BCUT2D eigenvalue weighted by Crippen LogP contribution is -2.58. The Hall–Kier alpha value is -7.75. The maximum atomic E-state index is 14.6. The average molecular weight is 1160 g/mol. The van der Waals surface area contributed by atoms with Crippen LogP contribution in [-0.2, 0) is 27.3 Å². The number of anilines is 2. The number of rotatable bonds is 15. The normalized spacial score (nSPS) is 19.0. The van der Waals surface area contributed by atoms with Crippen molar-refractivity contribution in [3.63, 3.8) is 0 Å². The summed E-state index contributed by atoms with van der Waals surface area (Å²) in [6, 6.07) is 23.1. The van der Waals surface area contributed by atoms with E-state index in [9.17, 15) is 47.4 Å². The van der Waals surface area contributed by atoms with Crippen molar-refractivity contribution in [3.8, 4) is 27.3 Å². The average Bonchev–Trinajstić information content (AvgIpc) is 4.31. The quantitative estimate of drug-likeness (QED) is 0.0648. The van der Waals surface area contributed by atoms with Crippen molar-refractivity contribution < 1.29 is 52.1 Å². The number of halogens is 3. The Labute approximate surface area is 480 Å². The van der Waals surface area contributed by atoms with Gasteiger partial charge >= 0.3 is 12.1 Å². The van der Waals surface area contributed by atoms with Crippen LogP contribution in [0.2, 0.25) is 0 Å². The second-order valence-electron chi connectivity index (χ2n) is 22.5. The summed E-state index contributed by atoms with van der Waals surface area (Å²) >= 11 is 2.76. The van der Waals surface area contributed by atoms with Crippen molar-refractivity contribution in [3.05, 3.63) is 142 Å². The summed E-state index contributed by atoms with van der Waals surface area (Å²) < 4.78 is 51.4. The SMILES string of the molecule is Cc1ncsc1-c1ccc(C(NC(=O)C2CC(O)CN2C(=O)C(NC(=O)CC2CCC(Oc3cccc(-c4ccc(N5CCc6cccc(C(=O)Nc7nc8ccccc8s7)c6C5)nc4C(=O)O)c3C)CC2)C(C)(C)C)C(F)(F)F)cc1. The fraction of sp³-hybridized carbons (Fsp3) is 0.377. The van der Waals surface area contributed by atoms with E-state index in [-0.39, 0.29) is 48.6 Å². The van der Waals surface area contributed by atoms with Crippen LogP contribution in [0.3, 0.4) is 0 Å². The number of thiazole rings is 2. The monoisotopic (exact) mass is 1160 g/mol. The first-order valence-electron chi connectivity index (χ1n) is 27.3. The largest absolute Gasteiger partial charge is 0.490 e. The van der Waals surface area contributed by atoms with Crippen LogP contribution in [0.25, 0.3) is 31.8 Å². The number of amides is 4. The van der Waals surface area contributed by atoms with Gasteiger partial charge in [0.1, 0.15) is 23.7 Å². The molecule has 2 fully saturated rings. The highest BCUT2D eigenvalue weighted by Gasteiger charge is 2.48. The Bertz CT molecular complexity index is 3520. The van der Waals surface area contributed by atoms with Crippen molar-refractivity contribution >= 4 is 73.4 Å². The molecule has 5 heterocycles. The molecule has 3 aromatic heterocycles. The van der Waals surface area contributed by atoms with E-state index in [4.69, 9.17) is 9.72 Å². The predicted octanol–water partition coefficient (Wildman–Crippen LogP) is 10.9. The van der Waals surface area contributed by atoms with Gasteiger partial charge in [0.2, 0.25) is 17.7 Å². The van der Waals surface area contributed by atoms with E-state index in [1.54, 1.807) is 51.4 Å².